The van der Waals surface area contributed by atoms with E-state index in [0.29, 0.717) is 0 Å². The van der Waals surface area contributed by atoms with Crippen LogP contribution in [0, 0.1) is 0 Å². The van der Waals surface area contributed by atoms with Crippen molar-refractivity contribution in [2.75, 3.05) is 24.9 Å². The zero-order valence-corrected chi connectivity index (χ0v) is 12.5. The van der Waals surface area contributed by atoms with Crippen molar-refractivity contribution in [3.8, 4) is 5.75 Å². The number of halogens is 3. The number of anilines is 1. The predicted octanol–water partition coefficient (Wildman–Crippen LogP) is 1.93. The van der Waals surface area contributed by atoms with Crippen LogP contribution in [0.25, 0.3) is 0 Å². The normalized spacial score (nSPS) is 16.8. The molecule has 0 saturated carbocycles. The maximum Gasteiger partial charge on any atom is 0.387 e. The summed E-state index contributed by atoms with van der Waals surface area (Å²) < 4.78 is 60.8. The third-order valence-electron chi connectivity index (χ3n) is 2.88. The molecule has 0 radical (unpaired) electrons. The van der Waals surface area contributed by atoms with Crippen molar-refractivity contribution >= 4 is 27.5 Å². The number of alkyl halides is 2. The molecule has 1 aromatic carbocycles. The highest BCUT2D eigenvalue weighted by atomic mass is 35.5. The van der Waals surface area contributed by atoms with Crippen molar-refractivity contribution in [1.29, 1.82) is 0 Å². The summed E-state index contributed by atoms with van der Waals surface area (Å²) in [5.74, 6) is -0.224. The van der Waals surface area contributed by atoms with E-state index in [9.17, 15) is 17.2 Å². The molecule has 0 spiro atoms. The second-order valence-corrected chi connectivity index (χ2v) is 6.38. The lowest BCUT2D eigenvalue weighted by atomic mass is 10.2. The van der Waals surface area contributed by atoms with Gasteiger partial charge in [-0.25, -0.2) is 0 Å². The van der Waals surface area contributed by atoms with Crippen LogP contribution < -0.4 is 9.46 Å². The van der Waals surface area contributed by atoms with Gasteiger partial charge < -0.3 is 9.47 Å². The van der Waals surface area contributed by atoms with Crippen LogP contribution in [0.3, 0.4) is 0 Å². The van der Waals surface area contributed by atoms with Crippen LogP contribution in [-0.2, 0) is 14.9 Å². The van der Waals surface area contributed by atoms with E-state index in [4.69, 9.17) is 16.3 Å². The van der Waals surface area contributed by atoms with E-state index in [1.54, 1.807) is 0 Å². The summed E-state index contributed by atoms with van der Waals surface area (Å²) >= 11 is 5.75. The van der Waals surface area contributed by atoms with Crippen molar-refractivity contribution < 1.29 is 26.7 Å². The third kappa shape index (κ3) is 3.94. The molecule has 1 aliphatic heterocycles. The summed E-state index contributed by atoms with van der Waals surface area (Å²) in [6.07, 6.45) is -0.119. The van der Waals surface area contributed by atoms with Crippen LogP contribution in [0.1, 0.15) is 0 Å². The summed E-state index contributed by atoms with van der Waals surface area (Å²) in [5.41, 5.74) is 0.155. The Balaban J connectivity index is 2.04. The van der Waals surface area contributed by atoms with Crippen LogP contribution in [0.4, 0.5) is 14.5 Å². The molecular formula is C11H13ClF2N2O4S. The zero-order chi connectivity index (χ0) is 15.6. The molecule has 21 heavy (non-hydrogen) atoms. The molecule has 0 unspecified atom stereocenters. The lowest BCUT2D eigenvalue weighted by molar-refractivity contribution is -0.0497. The van der Waals surface area contributed by atoms with Gasteiger partial charge in [0.05, 0.1) is 16.8 Å². The van der Waals surface area contributed by atoms with Gasteiger partial charge in [0.1, 0.15) is 5.75 Å². The average molecular weight is 343 g/mol. The molecular weight excluding hydrogens is 330 g/mol. The average Bonchev–Trinajstić information content (AvgIpc) is 2.30. The fraction of sp³-hybridized carbons (Fsp3) is 0.455. The minimum Gasteiger partial charge on any atom is -0.433 e. The minimum atomic E-state index is -3.72. The number of methoxy groups -OCH3 is 1. The molecule has 10 heteroatoms. The highest BCUT2D eigenvalue weighted by Gasteiger charge is 2.35. The molecule has 1 saturated heterocycles. The zero-order valence-electron chi connectivity index (χ0n) is 10.9. The van der Waals surface area contributed by atoms with E-state index in [2.05, 4.69) is 9.46 Å². The molecule has 1 aliphatic rings. The summed E-state index contributed by atoms with van der Waals surface area (Å²) in [6, 6.07) is 3.65. The Labute approximate surface area is 125 Å². The molecule has 6 nitrogen and oxygen atoms in total. The van der Waals surface area contributed by atoms with Crippen LogP contribution >= 0.6 is 11.6 Å². The smallest absolute Gasteiger partial charge is 0.387 e. The molecule has 118 valence electrons. The number of ether oxygens (including phenoxy) is 2. The van der Waals surface area contributed by atoms with Gasteiger partial charge in [0.2, 0.25) is 0 Å². The Morgan fingerprint density at radius 2 is 2.10 bits per heavy atom. The summed E-state index contributed by atoms with van der Waals surface area (Å²) in [7, 11) is -2.21. The number of nitrogens with zero attached hydrogens (tertiary/aromatic N) is 1. The molecule has 0 aromatic heterocycles. The minimum absolute atomic E-state index is 0.117. The van der Waals surface area contributed by atoms with Crippen LogP contribution in [-0.4, -0.2) is 45.6 Å². The van der Waals surface area contributed by atoms with E-state index >= 15 is 0 Å². The van der Waals surface area contributed by atoms with Crippen LogP contribution in [0.2, 0.25) is 5.02 Å². The molecule has 1 fully saturated rings. The molecule has 1 aromatic rings. The van der Waals surface area contributed by atoms with Crippen LogP contribution in [0.15, 0.2) is 18.2 Å². The van der Waals surface area contributed by atoms with E-state index in [1.165, 1.54) is 29.6 Å². The van der Waals surface area contributed by atoms with Gasteiger partial charge in [-0.05, 0) is 18.2 Å². The molecule has 2 rings (SSSR count). The quantitative estimate of drug-likeness (QED) is 0.857. The van der Waals surface area contributed by atoms with Crippen LogP contribution in [0.5, 0.6) is 5.75 Å². The highest BCUT2D eigenvalue weighted by Crippen LogP contribution is 2.30. The van der Waals surface area contributed by atoms with Crippen molar-refractivity contribution in [3.05, 3.63) is 23.2 Å². The summed E-state index contributed by atoms with van der Waals surface area (Å²) in [4.78, 5) is 0. The summed E-state index contributed by atoms with van der Waals surface area (Å²) in [5, 5.41) is -0.117. The first-order valence-corrected chi connectivity index (χ1v) is 7.68. The topological polar surface area (TPSA) is 67.9 Å². The fourth-order valence-electron chi connectivity index (χ4n) is 1.72. The molecule has 1 N–H and O–H groups in total. The Kier molecular flexibility index (Phi) is 4.87. The van der Waals surface area contributed by atoms with Gasteiger partial charge in [-0.2, -0.15) is 21.5 Å². The lowest BCUT2D eigenvalue weighted by Crippen LogP contribution is -2.55. The number of hydrogen-bond donors (Lipinski definition) is 1. The summed E-state index contributed by atoms with van der Waals surface area (Å²) in [6.45, 7) is -2.49. The monoisotopic (exact) mass is 342 g/mol. The molecule has 1 heterocycles. The third-order valence-corrected chi connectivity index (χ3v) is 4.65. The number of hydrogen-bond acceptors (Lipinski definition) is 4. The number of benzene rings is 1. The van der Waals surface area contributed by atoms with E-state index in [-0.39, 0.29) is 35.7 Å². The predicted molar refractivity (Wildman–Crippen MR) is 73.0 cm³/mol. The van der Waals surface area contributed by atoms with Gasteiger partial charge >= 0.3 is 16.8 Å². The van der Waals surface area contributed by atoms with Crippen molar-refractivity contribution in [2.45, 2.75) is 12.7 Å². The number of nitrogens with one attached hydrogen (secondary N) is 1. The van der Waals surface area contributed by atoms with Gasteiger partial charge in [-0.3, -0.25) is 4.72 Å². The Morgan fingerprint density at radius 1 is 1.43 bits per heavy atom. The Hall–Kier alpha value is -1.16. The van der Waals surface area contributed by atoms with Crippen molar-refractivity contribution in [2.24, 2.45) is 0 Å². The van der Waals surface area contributed by atoms with Crippen molar-refractivity contribution in [1.82, 2.24) is 4.31 Å². The second kappa shape index (κ2) is 6.30. The maximum absolute atomic E-state index is 12.1. The Bertz CT molecular complexity index is 608. The van der Waals surface area contributed by atoms with Gasteiger partial charge in [0, 0.05) is 20.2 Å². The maximum atomic E-state index is 12.1. The van der Waals surface area contributed by atoms with Gasteiger partial charge in [-0.1, -0.05) is 11.6 Å². The first kappa shape index (κ1) is 16.2. The SMILES string of the molecule is COC1CN(S(=O)(=O)Nc2ccc(OC(F)F)c(Cl)c2)C1. The molecule has 0 aliphatic carbocycles. The van der Waals surface area contributed by atoms with Gasteiger partial charge in [0.15, 0.2) is 0 Å². The Morgan fingerprint density at radius 3 is 2.62 bits per heavy atom. The first-order valence-electron chi connectivity index (χ1n) is 5.87. The highest BCUT2D eigenvalue weighted by molar-refractivity contribution is 7.90. The number of rotatable bonds is 6. The van der Waals surface area contributed by atoms with Gasteiger partial charge in [-0.15, -0.1) is 0 Å². The molecule has 0 amide bonds. The largest absolute Gasteiger partial charge is 0.433 e. The second-order valence-electron chi connectivity index (χ2n) is 4.31. The van der Waals surface area contributed by atoms with Gasteiger partial charge in [0.25, 0.3) is 0 Å². The molecule has 0 atom stereocenters. The lowest BCUT2D eigenvalue weighted by Gasteiger charge is -2.36. The van der Waals surface area contributed by atoms with E-state index < -0.39 is 16.8 Å². The fourth-order valence-corrected chi connectivity index (χ4v) is 3.22. The van der Waals surface area contributed by atoms with E-state index in [0.717, 1.165) is 0 Å². The first-order chi connectivity index (χ1) is 9.81. The molecule has 0 bridgehead atoms. The van der Waals surface area contributed by atoms with Crippen molar-refractivity contribution in [3.63, 3.8) is 0 Å². The van der Waals surface area contributed by atoms with E-state index in [1.807, 2.05) is 0 Å². The standard InChI is InChI=1S/C11H13ClF2N2O4S/c1-19-8-5-16(6-8)21(17,18)15-7-2-3-10(9(12)4-7)20-11(13)14/h2-4,8,11,15H,5-6H2,1H3.